The number of hydrogen-bond acceptors (Lipinski definition) is 1. The first kappa shape index (κ1) is 14.2. The van der Waals surface area contributed by atoms with Crippen molar-refractivity contribution in [1.82, 2.24) is 10.3 Å². The van der Waals surface area contributed by atoms with Crippen molar-refractivity contribution in [3.63, 3.8) is 0 Å². The van der Waals surface area contributed by atoms with Crippen molar-refractivity contribution >= 4 is 22.5 Å². The molecule has 1 heterocycles. The van der Waals surface area contributed by atoms with Crippen LogP contribution in [0.5, 0.6) is 0 Å². The minimum Gasteiger partial charge on any atom is -0.361 e. The Kier molecular flexibility index (Phi) is 4.00. The number of fused-ring (bicyclic) bond motifs is 1. The topological polar surface area (TPSA) is 27.8 Å². The van der Waals surface area contributed by atoms with Crippen LogP contribution < -0.4 is 5.32 Å². The molecule has 1 aromatic heterocycles. The fourth-order valence-corrected chi connectivity index (χ4v) is 2.71. The predicted octanol–water partition coefficient (Wildman–Crippen LogP) is 4.98. The van der Waals surface area contributed by atoms with Gasteiger partial charge in [-0.2, -0.15) is 0 Å². The van der Waals surface area contributed by atoms with Crippen molar-refractivity contribution < 1.29 is 0 Å². The molecule has 2 N–H and O–H groups in total. The van der Waals surface area contributed by atoms with E-state index >= 15 is 0 Å². The summed E-state index contributed by atoms with van der Waals surface area (Å²) >= 11 is 6.01. The normalized spacial score (nSPS) is 12.7. The smallest absolute Gasteiger partial charge is 0.0472 e. The summed E-state index contributed by atoms with van der Waals surface area (Å²) in [4.78, 5) is 3.28. The highest BCUT2D eigenvalue weighted by molar-refractivity contribution is 6.31. The molecule has 108 valence electrons. The van der Waals surface area contributed by atoms with E-state index in [1.54, 1.807) is 0 Å². The minimum atomic E-state index is 0.322. The first-order valence-corrected chi connectivity index (χ1v) is 7.57. The summed E-state index contributed by atoms with van der Waals surface area (Å²) in [7, 11) is 0. The van der Waals surface area contributed by atoms with Crippen LogP contribution in [0.2, 0.25) is 5.02 Å². The second-order valence-corrected chi connectivity index (χ2v) is 5.95. The van der Waals surface area contributed by atoms with E-state index in [9.17, 15) is 0 Å². The zero-order valence-corrected chi connectivity index (χ0v) is 13.0. The average Bonchev–Trinajstić information content (AvgIpc) is 2.87. The van der Waals surface area contributed by atoms with Crippen LogP contribution in [0, 0.1) is 6.92 Å². The van der Waals surface area contributed by atoms with E-state index in [2.05, 4.69) is 60.7 Å². The van der Waals surface area contributed by atoms with E-state index in [1.807, 2.05) is 12.1 Å². The summed E-state index contributed by atoms with van der Waals surface area (Å²) in [6.45, 7) is 5.13. The number of H-pyrrole nitrogens is 1. The molecule has 0 aliphatic rings. The van der Waals surface area contributed by atoms with Crippen molar-refractivity contribution in [2.24, 2.45) is 0 Å². The van der Waals surface area contributed by atoms with Gasteiger partial charge in [-0.15, -0.1) is 0 Å². The number of hydrogen-bond donors (Lipinski definition) is 2. The molecule has 1 atom stereocenters. The first-order chi connectivity index (χ1) is 10.1. The molecule has 0 fully saturated rings. The van der Waals surface area contributed by atoms with Crippen LogP contribution in [-0.2, 0) is 6.54 Å². The Morgan fingerprint density at radius 1 is 1.14 bits per heavy atom. The third-order valence-corrected chi connectivity index (χ3v) is 4.14. The Balaban J connectivity index is 1.72. The molecule has 0 spiro atoms. The van der Waals surface area contributed by atoms with Gasteiger partial charge in [-0.3, -0.25) is 0 Å². The summed E-state index contributed by atoms with van der Waals surface area (Å²) in [6, 6.07) is 15.0. The van der Waals surface area contributed by atoms with E-state index in [-0.39, 0.29) is 0 Å². The van der Waals surface area contributed by atoms with Gasteiger partial charge in [0.25, 0.3) is 0 Å². The molecule has 0 aliphatic carbocycles. The summed E-state index contributed by atoms with van der Waals surface area (Å²) < 4.78 is 0. The quantitative estimate of drug-likeness (QED) is 0.698. The van der Waals surface area contributed by atoms with Gasteiger partial charge in [0.05, 0.1) is 0 Å². The van der Waals surface area contributed by atoms with Crippen LogP contribution in [0.1, 0.15) is 29.7 Å². The van der Waals surface area contributed by atoms with Crippen molar-refractivity contribution in [3.05, 3.63) is 70.4 Å². The van der Waals surface area contributed by atoms with Crippen LogP contribution in [0.4, 0.5) is 0 Å². The molecule has 0 aliphatic heterocycles. The van der Waals surface area contributed by atoms with E-state index in [4.69, 9.17) is 11.6 Å². The minimum absolute atomic E-state index is 0.322. The van der Waals surface area contributed by atoms with Gasteiger partial charge < -0.3 is 10.3 Å². The predicted molar refractivity (Wildman–Crippen MR) is 89.7 cm³/mol. The molecule has 0 saturated carbocycles. The monoisotopic (exact) mass is 298 g/mol. The lowest BCUT2D eigenvalue weighted by molar-refractivity contribution is 0.576. The molecule has 0 radical (unpaired) electrons. The third-order valence-electron chi connectivity index (χ3n) is 3.91. The largest absolute Gasteiger partial charge is 0.361 e. The van der Waals surface area contributed by atoms with E-state index in [0.29, 0.717) is 6.04 Å². The van der Waals surface area contributed by atoms with Crippen LogP contribution in [0.3, 0.4) is 0 Å². The summed E-state index contributed by atoms with van der Waals surface area (Å²) in [5.74, 6) is 0. The van der Waals surface area contributed by atoms with Gasteiger partial charge in [-0.1, -0.05) is 47.5 Å². The second-order valence-electron chi connectivity index (χ2n) is 5.52. The van der Waals surface area contributed by atoms with Gasteiger partial charge in [0.2, 0.25) is 0 Å². The highest BCUT2D eigenvalue weighted by atomic mass is 35.5. The number of benzene rings is 2. The first-order valence-electron chi connectivity index (χ1n) is 7.19. The number of aromatic nitrogens is 1. The number of aromatic amines is 1. The van der Waals surface area contributed by atoms with Crippen LogP contribution >= 0.6 is 11.6 Å². The van der Waals surface area contributed by atoms with E-state index < -0.39 is 0 Å². The SMILES string of the molecule is Cc1ccc(C(C)NCc2c[nH]c3cc(Cl)ccc23)cc1. The Labute approximate surface area is 130 Å². The van der Waals surface area contributed by atoms with Crippen LogP contribution in [0.25, 0.3) is 10.9 Å². The van der Waals surface area contributed by atoms with Crippen molar-refractivity contribution in [3.8, 4) is 0 Å². The van der Waals surface area contributed by atoms with E-state index in [1.165, 1.54) is 22.1 Å². The second kappa shape index (κ2) is 5.92. The Morgan fingerprint density at radius 3 is 2.67 bits per heavy atom. The van der Waals surface area contributed by atoms with Gasteiger partial charge in [0.1, 0.15) is 0 Å². The van der Waals surface area contributed by atoms with Gasteiger partial charge in [-0.05, 0) is 37.1 Å². The Hall–Kier alpha value is -1.77. The number of halogens is 1. The van der Waals surface area contributed by atoms with Crippen molar-refractivity contribution in [2.75, 3.05) is 0 Å². The lowest BCUT2D eigenvalue weighted by atomic mass is 10.1. The molecule has 0 bridgehead atoms. The number of nitrogens with one attached hydrogen (secondary N) is 2. The fourth-order valence-electron chi connectivity index (χ4n) is 2.54. The average molecular weight is 299 g/mol. The molecule has 1 unspecified atom stereocenters. The van der Waals surface area contributed by atoms with Crippen LogP contribution in [-0.4, -0.2) is 4.98 Å². The Morgan fingerprint density at radius 2 is 1.90 bits per heavy atom. The van der Waals surface area contributed by atoms with Gasteiger partial charge in [-0.25, -0.2) is 0 Å². The van der Waals surface area contributed by atoms with E-state index in [0.717, 1.165) is 17.1 Å². The number of rotatable bonds is 4. The molecule has 0 amide bonds. The fraction of sp³-hybridized carbons (Fsp3) is 0.222. The molecule has 3 aromatic rings. The molecule has 3 heteroatoms. The standard InChI is InChI=1S/C18H19ClN2/c1-12-3-5-14(6-4-12)13(2)20-10-15-11-21-18-9-16(19)7-8-17(15)18/h3-9,11,13,20-21H,10H2,1-2H3. The molecule has 21 heavy (non-hydrogen) atoms. The van der Waals surface area contributed by atoms with Gasteiger partial charge in [0, 0.05) is 34.7 Å². The van der Waals surface area contributed by atoms with Crippen molar-refractivity contribution in [1.29, 1.82) is 0 Å². The zero-order valence-electron chi connectivity index (χ0n) is 12.3. The molecule has 3 rings (SSSR count). The molecular formula is C18H19ClN2. The lowest BCUT2D eigenvalue weighted by Gasteiger charge is -2.14. The van der Waals surface area contributed by atoms with Gasteiger partial charge in [0.15, 0.2) is 0 Å². The maximum Gasteiger partial charge on any atom is 0.0472 e. The maximum absolute atomic E-state index is 6.01. The molecule has 2 aromatic carbocycles. The molecule has 0 saturated heterocycles. The summed E-state index contributed by atoms with van der Waals surface area (Å²) in [5.41, 5.74) is 4.95. The van der Waals surface area contributed by atoms with Crippen LogP contribution in [0.15, 0.2) is 48.7 Å². The summed E-state index contributed by atoms with van der Waals surface area (Å²) in [5, 5.41) is 5.56. The highest BCUT2D eigenvalue weighted by Gasteiger charge is 2.07. The van der Waals surface area contributed by atoms with Crippen molar-refractivity contribution in [2.45, 2.75) is 26.4 Å². The zero-order chi connectivity index (χ0) is 14.8. The summed E-state index contributed by atoms with van der Waals surface area (Å²) in [6.07, 6.45) is 2.05. The molecule has 2 nitrogen and oxygen atoms in total. The third kappa shape index (κ3) is 3.12. The highest BCUT2D eigenvalue weighted by Crippen LogP contribution is 2.22. The number of aryl methyl sites for hydroxylation is 1. The Bertz CT molecular complexity index is 744. The van der Waals surface area contributed by atoms with Gasteiger partial charge >= 0.3 is 0 Å². The molecular weight excluding hydrogens is 280 g/mol. The maximum atomic E-state index is 6.01. The lowest BCUT2D eigenvalue weighted by Crippen LogP contribution is -2.17.